The summed E-state index contributed by atoms with van der Waals surface area (Å²) in [6.45, 7) is 3.74. The van der Waals surface area contributed by atoms with E-state index < -0.39 is 5.54 Å². The Morgan fingerprint density at radius 2 is 2.18 bits per heavy atom. The zero-order valence-electron chi connectivity index (χ0n) is 9.76. The number of hydrogen-bond donors (Lipinski definition) is 2. The molecule has 17 heavy (non-hydrogen) atoms. The number of aliphatic hydroxyl groups excluding tert-OH is 1. The summed E-state index contributed by atoms with van der Waals surface area (Å²) < 4.78 is 0.827. The first-order chi connectivity index (χ1) is 7.85. The molecular formula is C12H15BrClNO2. The summed E-state index contributed by atoms with van der Waals surface area (Å²) in [5.41, 5.74) is -0.0247. The van der Waals surface area contributed by atoms with Crippen LogP contribution in [0.1, 0.15) is 30.6 Å². The average Bonchev–Trinajstić information content (AvgIpc) is 2.15. The lowest BCUT2D eigenvalue weighted by molar-refractivity contribution is 0.0899. The van der Waals surface area contributed by atoms with E-state index in [2.05, 4.69) is 21.2 Å². The number of rotatable bonds is 4. The number of amides is 1. The molecule has 0 atom stereocenters. The maximum atomic E-state index is 12.0. The fourth-order valence-electron chi connectivity index (χ4n) is 1.39. The predicted molar refractivity (Wildman–Crippen MR) is 72.4 cm³/mol. The van der Waals surface area contributed by atoms with E-state index in [1.165, 1.54) is 0 Å². The van der Waals surface area contributed by atoms with Crippen molar-refractivity contribution < 1.29 is 9.90 Å². The van der Waals surface area contributed by atoms with Crippen LogP contribution in [-0.2, 0) is 0 Å². The van der Waals surface area contributed by atoms with Crippen molar-refractivity contribution in [3.05, 3.63) is 33.3 Å². The van der Waals surface area contributed by atoms with Crippen LogP contribution in [0, 0.1) is 0 Å². The summed E-state index contributed by atoms with van der Waals surface area (Å²) in [5, 5.41) is 12.1. The van der Waals surface area contributed by atoms with Crippen LogP contribution in [0.25, 0.3) is 0 Å². The molecule has 1 amide bonds. The number of halogens is 2. The van der Waals surface area contributed by atoms with E-state index in [4.69, 9.17) is 16.7 Å². The SMILES string of the molecule is CC(C)(CCO)NC(=O)c1ccc(Br)cc1Cl. The van der Waals surface area contributed by atoms with Crippen molar-refractivity contribution in [2.75, 3.05) is 6.61 Å². The highest BCUT2D eigenvalue weighted by molar-refractivity contribution is 9.10. The van der Waals surface area contributed by atoms with E-state index >= 15 is 0 Å². The van der Waals surface area contributed by atoms with E-state index in [0.29, 0.717) is 17.0 Å². The number of benzene rings is 1. The van der Waals surface area contributed by atoms with Gasteiger partial charge in [0, 0.05) is 16.6 Å². The topological polar surface area (TPSA) is 49.3 Å². The summed E-state index contributed by atoms with van der Waals surface area (Å²) >= 11 is 9.27. The molecule has 0 aliphatic carbocycles. The van der Waals surface area contributed by atoms with Crippen LogP contribution in [0.15, 0.2) is 22.7 Å². The molecule has 0 saturated carbocycles. The van der Waals surface area contributed by atoms with Crippen LogP contribution >= 0.6 is 27.5 Å². The van der Waals surface area contributed by atoms with Gasteiger partial charge in [0.15, 0.2) is 0 Å². The summed E-state index contributed by atoms with van der Waals surface area (Å²) in [6.07, 6.45) is 0.493. The van der Waals surface area contributed by atoms with Gasteiger partial charge in [-0.15, -0.1) is 0 Å². The molecular weight excluding hydrogens is 305 g/mol. The van der Waals surface area contributed by atoms with E-state index in [-0.39, 0.29) is 12.5 Å². The minimum atomic E-state index is -0.456. The fraction of sp³-hybridized carbons (Fsp3) is 0.417. The molecule has 1 rings (SSSR count). The average molecular weight is 321 g/mol. The van der Waals surface area contributed by atoms with Crippen molar-refractivity contribution in [1.29, 1.82) is 0 Å². The molecule has 0 fully saturated rings. The van der Waals surface area contributed by atoms with Crippen molar-refractivity contribution in [1.82, 2.24) is 5.32 Å². The molecule has 1 aromatic rings. The van der Waals surface area contributed by atoms with Gasteiger partial charge in [0.25, 0.3) is 5.91 Å². The maximum Gasteiger partial charge on any atom is 0.253 e. The van der Waals surface area contributed by atoms with Crippen LogP contribution in [0.5, 0.6) is 0 Å². The Kier molecular flexibility index (Phi) is 4.98. The molecule has 3 nitrogen and oxygen atoms in total. The zero-order valence-corrected chi connectivity index (χ0v) is 12.1. The van der Waals surface area contributed by atoms with Crippen molar-refractivity contribution in [2.45, 2.75) is 25.8 Å². The molecule has 0 unspecified atom stereocenters. The molecule has 94 valence electrons. The third kappa shape index (κ3) is 4.30. The van der Waals surface area contributed by atoms with Gasteiger partial charge in [-0.3, -0.25) is 4.79 Å². The first-order valence-corrected chi connectivity index (χ1v) is 6.41. The minimum absolute atomic E-state index is 0.0291. The van der Waals surface area contributed by atoms with E-state index in [9.17, 15) is 4.79 Å². The highest BCUT2D eigenvalue weighted by atomic mass is 79.9. The quantitative estimate of drug-likeness (QED) is 0.896. The molecule has 0 aromatic heterocycles. The number of carbonyl (C=O) groups excluding carboxylic acids is 1. The van der Waals surface area contributed by atoms with Crippen LogP contribution in [-0.4, -0.2) is 23.2 Å². The molecule has 0 bridgehead atoms. The molecule has 1 aromatic carbocycles. The normalized spacial score (nSPS) is 11.4. The Balaban J connectivity index is 2.83. The van der Waals surface area contributed by atoms with Gasteiger partial charge in [-0.2, -0.15) is 0 Å². The second kappa shape index (κ2) is 5.85. The molecule has 0 radical (unpaired) electrons. The Bertz CT molecular complexity index is 421. The van der Waals surface area contributed by atoms with Crippen LogP contribution < -0.4 is 5.32 Å². The zero-order chi connectivity index (χ0) is 13.1. The van der Waals surface area contributed by atoms with Gasteiger partial charge in [-0.1, -0.05) is 27.5 Å². The van der Waals surface area contributed by atoms with Crippen LogP contribution in [0.4, 0.5) is 0 Å². The molecule has 0 spiro atoms. The Hall–Kier alpha value is -0.580. The molecule has 2 N–H and O–H groups in total. The third-order valence-electron chi connectivity index (χ3n) is 2.36. The van der Waals surface area contributed by atoms with Gasteiger partial charge >= 0.3 is 0 Å². The van der Waals surface area contributed by atoms with Gasteiger partial charge in [0.1, 0.15) is 0 Å². The summed E-state index contributed by atoms with van der Waals surface area (Å²) in [5.74, 6) is -0.235. The highest BCUT2D eigenvalue weighted by Gasteiger charge is 2.21. The fourth-order valence-corrected chi connectivity index (χ4v) is 2.15. The number of carbonyl (C=O) groups is 1. The Morgan fingerprint density at radius 1 is 1.53 bits per heavy atom. The lowest BCUT2D eigenvalue weighted by Gasteiger charge is -2.25. The smallest absolute Gasteiger partial charge is 0.253 e. The third-order valence-corrected chi connectivity index (χ3v) is 3.17. The van der Waals surface area contributed by atoms with Crippen molar-refractivity contribution in [2.24, 2.45) is 0 Å². The van der Waals surface area contributed by atoms with Gasteiger partial charge in [-0.25, -0.2) is 0 Å². The second-order valence-corrected chi connectivity index (χ2v) is 5.76. The Labute approximate surface area is 114 Å². The number of aliphatic hydroxyl groups is 1. The van der Waals surface area contributed by atoms with E-state index in [1.807, 2.05) is 13.8 Å². The van der Waals surface area contributed by atoms with Gasteiger partial charge in [0.05, 0.1) is 10.6 Å². The van der Waals surface area contributed by atoms with Crippen molar-refractivity contribution >= 4 is 33.4 Å². The first kappa shape index (κ1) is 14.5. The molecule has 0 aliphatic heterocycles. The van der Waals surface area contributed by atoms with Crippen LogP contribution in [0.3, 0.4) is 0 Å². The number of hydrogen-bond acceptors (Lipinski definition) is 2. The maximum absolute atomic E-state index is 12.0. The standard InChI is InChI=1S/C12H15BrClNO2/c1-12(2,5-6-16)15-11(17)9-4-3-8(13)7-10(9)14/h3-4,7,16H,5-6H2,1-2H3,(H,15,17). The highest BCUT2D eigenvalue weighted by Crippen LogP contribution is 2.22. The summed E-state index contributed by atoms with van der Waals surface area (Å²) in [4.78, 5) is 12.0. The second-order valence-electron chi connectivity index (χ2n) is 4.44. The Morgan fingerprint density at radius 3 is 2.71 bits per heavy atom. The van der Waals surface area contributed by atoms with Gasteiger partial charge in [0.2, 0.25) is 0 Å². The minimum Gasteiger partial charge on any atom is -0.396 e. The summed E-state index contributed by atoms with van der Waals surface area (Å²) in [7, 11) is 0. The molecule has 5 heteroatoms. The monoisotopic (exact) mass is 319 g/mol. The van der Waals surface area contributed by atoms with Crippen molar-refractivity contribution in [3.8, 4) is 0 Å². The van der Waals surface area contributed by atoms with Gasteiger partial charge < -0.3 is 10.4 Å². The van der Waals surface area contributed by atoms with Gasteiger partial charge in [-0.05, 0) is 38.5 Å². The van der Waals surface area contributed by atoms with E-state index in [1.54, 1.807) is 18.2 Å². The lowest BCUT2D eigenvalue weighted by Crippen LogP contribution is -2.44. The van der Waals surface area contributed by atoms with Crippen LogP contribution in [0.2, 0.25) is 5.02 Å². The first-order valence-electron chi connectivity index (χ1n) is 5.24. The van der Waals surface area contributed by atoms with E-state index in [0.717, 1.165) is 4.47 Å². The van der Waals surface area contributed by atoms with Crippen molar-refractivity contribution in [3.63, 3.8) is 0 Å². The predicted octanol–water partition coefficient (Wildman–Crippen LogP) is 2.99. The molecule has 0 heterocycles. The largest absolute Gasteiger partial charge is 0.396 e. The molecule has 0 aliphatic rings. The lowest BCUT2D eigenvalue weighted by atomic mass is 10.0. The molecule has 0 saturated heterocycles. The number of nitrogens with one attached hydrogen (secondary N) is 1. The summed E-state index contributed by atoms with van der Waals surface area (Å²) in [6, 6.07) is 5.10.